The molecule has 8 nitrogen and oxygen atoms in total. The largest absolute Gasteiger partial charge is 0.343 e. The highest BCUT2D eigenvalue weighted by Crippen LogP contribution is 2.19. The van der Waals surface area contributed by atoms with Crippen molar-refractivity contribution in [1.29, 1.82) is 0 Å². The number of benzene rings is 2. The van der Waals surface area contributed by atoms with E-state index in [4.69, 9.17) is 11.6 Å². The molecule has 0 saturated carbocycles. The number of rotatable bonds is 6. The predicted octanol–water partition coefficient (Wildman–Crippen LogP) is 2.43. The summed E-state index contributed by atoms with van der Waals surface area (Å²) in [5.41, 5.74) is 6.04. The maximum atomic E-state index is 12.0. The average molecular weight is 363 g/mol. The number of carbonyl (C=O) groups excluding carboxylic acids is 2. The van der Waals surface area contributed by atoms with Crippen molar-refractivity contribution in [3.8, 4) is 0 Å². The summed E-state index contributed by atoms with van der Waals surface area (Å²) in [7, 11) is 0. The molecule has 25 heavy (non-hydrogen) atoms. The number of hydrazine groups is 1. The van der Waals surface area contributed by atoms with Gasteiger partial charge in [-0.25, -0.2) is 0 Å². The van der Waals surface area contributed by atoms with Crippen molar-refractivity contribution in [2.75, 3.05) is 12.0 Å². The maximum absolute atomic E-state index is 12.0. The zero-order valence-corrected chi connectivity index (χ0v) is 14.0. The van der Waals surface area contributed by atoms with E-state index in [1.807, 2.05) is 0 Å². The van der Waals surface area contributed by atoms with E-state index < -0.39 is 16.7 Å². The maximum Gasteiger partial charge on any atom is 0.273 e. The first-order valence-electron chi connectivity index (χ1n) is 7.20. The summed E-state index contributed by atoms with van der Waals surface area (Å²) in [6.07, 6.45) is 0. The van der Waals surface area contributed by atoms with E-state index >= 15 is 0 Å². The summed E-state index contributed by atoms with van der Waals surface area (Å²) in [5.74, 6) is -1.07. The van der Waals surface area contributed by atoms with Crippen LogP contribution in [0.25, 0.3) is 0 Å². The number of nitro groups is 1. The molecule has 2 amide bonds. The minimum Gasteiger partial charge on any atom is -0.343 e. The third-order valence-electron chi connectivity index (χ3n) is 3.25. The Labute approximate surface area is 148 Å². The number of nitrogens with one attached hydrogen (secondary N) is 3. The highest BCUT2D eigenvalue weighted by molar-refractivity contribution is 6.30. The molecule has 0 aliphatic heterocycles. The lowest BCUT2D eigenvalue weighted by Gasteiger charge is -2.09. The molecular formula is C16H15ClN4O4. The third-order valence-corrected chi connectivity index (χ3v) is 3.48. The van der Waals surface area contributed by atoms with Crippen molar-refractivity contribution >= 4 is 34.8 Å². The van der Waals surface area contributed by atoms with E-state index in [1.54, 1.807) is 31.2 Å². The molecule has 0 aliphatic rings. The number of nitro benzene ring substituents is 1. The Morgan fingerprint density at radius 3 is 2.64 bits per heavy atom. The number of hydrogen-bond donors (Lipinski definition) is 3. The van der Waals surface area contributed by atoms with Gasteiger partial charge in [-0.1, -0.05) is 23.7 Å². The van der Waals surface area contributed by atoms with Crippen LogP contribution in [0.3, 0.4) is 0 Å². The van der Waals surface area contributed by atoms with Crippen LogP contribution in [0.1, 0.15) is 15.9 Å². The Kier molecular flexibility index (Phi) is 5.91. The SMILES string of the molecule is Cc1ccc(C(=O)NCC(=O)NNc2cccc(Cl)c2)cc1[N+](=O)[O-]. The summed E-state index contributed by atoms with van der Waals surface area (Å²) in [6.45, 7) is 1.28. The van der Waals surface area contributed by atoms with Crippen LogP contribution >= 0.6 is 11.6 Å². The first-order valence-corrected chi connectivity index (χ1v) is 7.58. The molecule has 0 aliphatic carbocycles. The van der Waals surface area contributed by atoms with Crippen LogP contribution in [-0.4, -0.2) is 23.3 Å². The van der Waals surface area contributed by atoms with Crippen LogP contribution in [0, 0.1) is 17.0 Å². The van der Waals surface area contributed by atoms with Crippen LogP contribution in [0.15, 0.2) is 42.5 Å². The second-order valence-corrected chi connectivity index (χ2v) is 5.56. The van der Waals surface area contributed by atoms with Gasteiger partial charge in [0.1, 0.15) is 0 Å². The molecular weight excluding hydrogens is 348 g/mol. The number of aryl methyl sites for hydroxylation is 1. The number of carbonyl (C=O) groups is 2. The van der Waals surface area contributed by atoms with E-state index in [1.165, 1.54) is 18.2 Å². The molecule has 130 valence electrons. The van der Waals surface area contributed by atoms with E-state index in [9.17, 15) is 19.7 Å². The Bertz CT molecular complexity index is 826. The lowest BCUT2D eigenvalue weighted by Crippen LogP contribution is -2.39. The molecule has 2 aromatic carbocycles. The number of halogens is 1. The van der Waals surface area contributed by atoms with Crippen molar-refractivity contribution in [1.82, 2.24) is 10.7 Å². The van der Waals surface area contributed by atoms with Gasteiger partial charge in [0.25, 0.3) is 17.5 Å². The average Bonchev–Trinajstić information content (AvgIpc) is 2.58. The molecule has 0 atom stereocenters. The number of anilines is 1. The van der Waals surface area contributed by atoms with Crippen molar-refractivity contribution in [2.45, 2.75) is 6.92 Å². The molecule has 9 heteroatoms. The number of amides is 2. The Balaban J connectivity index is 1.88. The van der Waals surface area contributed by atoms with Gasteiger partial charge in [-0.15, -0.1) is 0 Å². The summed E-state index contributed by atoms with van der Waals surface area (Å²) in [4.78, 5) is 34.1. The Hall–Kier alpha value is -3.13. The number of hydrogen-bond acceptors (Lipinski definition) is 5. The van der Waals surface area contributed by atoms with Crippen molar-refractivity contribution in [3.05, 3.63) is 68.7 Å². The second kappa shape index (κ2) is 8.11. The van der Waals surface area contributed by atoms with E-state index in [0.717, 1.165) is 0 Å². The predicted molar refractivity (Wildman–Crippen MR) is 93.4 cm³/mol. The number of nitrogens with zero attached hydrogens (tertiary/aromatic N) is 1. The van der Waals surface area contributed by atoms with Crippen LogP contribution < -0.4 is 16.2 Å². The second-order valence-electron chi connectivity index (χ2n) is 5.12. The molecule has 2 aromatic rings. The van der Waals surface area contributed by atoms with Crippen molar-refractivity contribution in [2.24, 2.45) is 0 Å². The lowest BCUT2D eigenvalue weighted by molar-refractivity contribution is -0.385. The molecule has 0 radical (unpaired) electrons. The molecule has 0 heterocycles. The first-order chi connectivity index (χ1) is 11.9. The normalized spacial score (nSPS) is 10.0. The molecule has 0 bridgehead atoms. The molecule has 0 spiro atoms. The zero-order valence-electron chi connectivity index (χ0n) is 13.2. The van der Waals surface area contributed by atoms with Crippen LogP contribution in [0.2, 0.25) is 5.02 Å². The fraction of sp³-hybridized carbons (Fsp3) is 0.125. The standard InChI is InChI=1S/C16H15ClN4O4/c1-10-5-6-11(7-14(10)21(24)25)16(23)18-9-15(22)20-19-13-4-2-3-12(17)8-13/h2-8,19H,9H2,1H3,(H,18,23)(H,20,22). The van der Waals surface area contributed by atoms with Gasteiger partial charge >= 0.3 is 0 Å². The van der Waals surface area contributed by atoms with E-state index in [2.05, 4.69) is 16.2 Å². The zero-order chi connectivity index (χ0) is 18.4. The summed E-state index contributed by atoms with van der Waals surface area (Å²) in [6, 6.07) is 10.8. The van der Waals surface area contributed by atoms with Gasteiger partial charge in [-0.3, -0.25) is 30.6 Å². The van der Waals surface area contributed by atoms with E-state index in [0.29, 0.717) is 16.3 Å². The lowest BCUT2D eigenvalue weighted by atomic mass is 10.1. The summed E-state index contributed by atoms with van der Waals surface area (Å²) < 4.78 is 0. The van der Waals surface area contributed by atoms with Crippen molar-refractivity contribution < 1.29 is 14.5 Å². The third kappa shape index (κ3) is 5.18. The van der Waals surface area contributed by atoms with Gasteiger partial charge < -0.3 is 5.32 Å². The Morgan fingerprint density at radius 2 is 1.96 bits per heavy atom. The molecule has 0 saturated heterocycles. The van der Waals surface area contributed by atoms with Crippen LogP contribution in [0.4, 0.5) is 11.4 Å². The molecule has 3 N–H and O–H groups in total. The molecule has 0 unspecified atom stereocenters. The minimum absolute atomic E-state index is 0.105. The van der Waals surface area contributed by atoms with Crippen molar-refractivity contribution in [3.63, 3.8) is 0 Å². The monoisotopic (exact) mass is 362 g/mol. The quantitative estimate of drug-likeness (QED) is 0.539. The van der Waals surface area contributed by atoms with Gasteiger partial charge in [0, 0.05) is 22.2 Å². The molecule has 0 aromatic heterocycles. The van der Waals surface area contributed by atoms with E-state index in [-0.39, 0.29) is 17.8 Å². The van der Waals surface area contributed by atoms with Crippen LogP contribution in [0.5, 0.6) is 0 Å². The Morgan fingerprint density at radius 1 is 1.20 bits per heavy atom. The van der Waals surface area contributed by atoms with Gasteiger partial charge in [0.15, 0.2) is 0 Å². The van der Waals surface area contributed by atoms with Gasteiger partial charge in [0.2, 0.25) is 0 Å². The summed E-state index contributed by atoms with van der Waals surface area (Å²) >= 11 is 5.82. The summed E-state index contributed by atoms with van der Waals surface area (Å²) in [5, 5.41) is 13.8. The minimum atomic E-state index is -0.582. The van der Waals surface area contributed by atoms with Gasteiger partial charge in [0.05, 0.1) is 17.2 Å². The molecule has 2 rings (SSSR count). The fourth-order valence-electron chi connectivity index (χ4n) is 1.96. The highest BCUT2D eigenvalue weighted by atomic mass is 35.5. The highest BCUT2D eigenvalue weighted by Gasteiger charge is 2.15. The van der Waals surface area contributed by atoms with Gasteiger partial charge in [-0.2, -0.15) is 0 Å². The fourth-order valence-corrected chi connectivity index (χ4v) is 2.15. The topological polar surface area (TPSA) is 113 Å². The van der Waals surface area contributed by atoms with Crippen LogP contribution in [-0.2, 0) is 4.79 Å². The first kappa shape index (κ1) is 18.2. The smallest absolute Gasteiger partial charge is 0.273 e. The van der Waals surface area contributed by atoms with Gasteiger partial charge in [-0.05, 0) is 31.2 Å². The molecule has 0 fully saturated rings.